The van der Waals surface area contributed by atoms with E-state index in [9.17, 15) is 14.4 Å². The van der Waals surface area contributed by atoms with E-state index in [0.29, 0.717) is 0 Å². The van der Waals surface area contributed by atoms with Gasteiger partial charge in [-0.05, 0) is 0 Å². The quantitative estimate of drug-likeness (QED) is 0.198. The molecule has 0 aliphatic heterocycles. The molecular formula is C6H8BaO11S. The van der Waals surface area contributed by atoms with Crippen molar-refractivity contribution in [1.82, 2.24) is 0 Å². The van der Waals surface area contributed by atoms with E-state index in [2.05, 4.69) is 0 Å². The molecule has 13 heteroatoms. The van der Waals surface area contributed by atoms with Crippen molar-refractivity contribution in [2.24, 2.45) is 0 Å². The molecule has 11 nitrogen and oxygen atoms in total. The molecule has 0 aromatic carbocycles. The first-order valence-electron chi connectivity index (χ1n) is 3.84. The van der Waals surface area contributed by atoms with Gasteiger partial charge in [-0.25, -0.2) is 4.79 Å². The van der Waals surface area contributed by atoms with Crippen molar-refractivity contribution < 1.29 is 52.3 Å². The summed E-state index contributed by atoms with van der Waals surface area (Å²) < 4.78 is 34.1. The summed E-state index contributed by atoms with van der Waals surface area (Å²) in [4.78, 5) is 30.5. The summed E-state index contributed by atoms with van der Waals surface area (Å²) in [5.41, 5.74) is -2.74. The Morgan fingerprint density at radius 2 is 1.16 bits per heavy atom. The summed E-state index contributed by atoms with van der Waals surface area (Å²) in [5.74, 6) is -5.02. The molecule has 0 saturated carbocycles. The van der Waals surface area contributed by atoms with Crippen LogP contribution in [-0.2, 0) is 24.8 Å². The molecule has 0 amide bonds. The normalized spacial score (nSPS) is 10.5. The Bertz CT molecular complexity index is 402. The van der Waals surface area contributed by atoms with Crippen molar-refractivity contribution in [3.8, 4) is 0 Å². The first-order valence-corrected chi connectivity index (χ1v) is 5.17. The van der Waals surface area contributed by atoms with E-state index in [1.54, 1.807) is 0 Å². The molecule has 19 heavy (non-hydrogen) atoms. The van der Waals surface area contributed by atoms with Gasteiger partial charge in [0, 0.05) is 10.4 Å². The van der Waals surface area contributed by atoms with Gasteiger partial charge in [0.2, 0.25) is 0 Å². The summed E-state index contributed by atoms with van der Waals surface area (Å²) in [6.45, 7) is 0. The van der Waals surface area contributed by atoms with E-state index in [1.807, 2.05) is 0 Å². The molecule has 0 unspecified atom stereocenters. The predicted molar refractivity (Wildman–Crippen MR) is 53.3 cm³/mol. The maximum absolute atomic E-state index is 10.3. The van der Waals surface area contributed by atoms with Crippen LogP contribution in [0.25, 0.3) is 0 Å². The first kappa shape index (κ1) is 23.9. The smallest absolute Gasteiger partial charge is 0.759 e. The SMILES string of the molecule is O=C(O)CC(O)(CC(=O)O)C(=O)O.O=S(=O)([O-])[O-].[Ba+2]. The van der Waals surface area contributed by atoms with E-state index in [-0.39, 0.29) is 48.9 Å². The summed E-state index contributed by atoms with van der Waals surface area (Å²) >= 11 is 0. The molecule has 106 valence electrons. The van der Waals surface area contributed by atoms with Gasteiger partial charge in [0.1, 0.15) is 0 Å². The minimum atomic E-state index is -5.17. The van der Waals surface area contributed by atoms with Crippen LogP contribution in [0.15, 0.2) is 0 Å². The van der Waals surface area contributed by atoms with Crippen molar-refractivity contribution in [2.45, 2.75) is 18.4 Å². The third-order valence-corrected chi connectivity index (χ3v) is 1.29. The zero-order valence-electron chi connectivity index (χ0n) is 9.18. The number of carboxylic acid groups (broad SMARTS) is 3. The van der Waals surface area contributed by atoms with E-state index in [1.165, 1.54) is 0 Å². The number of rotatable bonds is 5. The molecular weight excluding hydrogens is 417 g/mol. The van der Waals surface area contributed by atoms with E-state index >= 15 is 0 Å². The fraction of sp³-hybridized carbons (Fsp3) is 0.500. The van der Waals surface area contributed by atoms with Crippen molar-refractivity contribution >= 4 is 77.2 Å². The zero-order valence-corrected chi connectivity index (χ0v) is 14.4. The molecule has 4 N–H and O–H groups in total. The van der Waals surface area contributed by atoms with Crippen molar-refractivity contribution in [3.05, 3.63) is 0 Å². The number of hydrogen-bond acceptors (Lipinski definition) is 8. The van der Waals surface area contributed by atoms with Crippen molar-refractivity contribution in [3.63, 3.8) is 0 Å². The third-order valence-electron chi connectivity index (χ3n) is 1.29. The minimum Gasteiger partial charge on any atom is -0.759 e. The van der Waals surface area contributed by atoms with Gasteiger partial charge >= 0.3 is 66.8 Å². The topological polar surface area (TPSA) is 212 Å². The molecule has 0 aliphatic carbocycles. The second-order valence-corrected chi connectivity index (χ2v) is 3.70. The second-order valence-electron chi connectivity index (χ2n) is 2.89. The Hall–Kier alpha value is -0.189. The molecule has 0 saturated heterocycles. The van der Waals surface area contributed by atoms with Crippen LogP contribution in [0, 0.1) is 0 Å². The second kappa shape index (κ2) is 9.67. The van der Waals surface area contributed by atoms with Gasteiger partial charge in [-0.15, -0.1) is 0 Å². The van der Waals surface area contributed by atoms with Crippen LogP contribution >= 0.6 is 0 Å². The molecule has 0 spiro atoms. The summed E-state index contributed by atoms with van der Waals surface area (Å²) in [7, 11) is -5.17. The molecule has 0 radical (unpaired) electrons. The van der Waals surface area contributed by atoms with Gasteiger partial charge in [0.25, 0.3) is 0 Å². The summed E-state index contributed by atoms with van der Waals surface area (Å²) in [6, 6.07) is 0. The molecule has 0 aromatic rings. The Morgan fingerprint density at radius 3 is 1.26 bits per heavy atom. The van der Waals surface area contributed by atoms with Crippen LogP contribution < -0.4 is 0 Å². The van der Waals surface area contributed by atoms with E-state index in [0.717, 1.165) is 0 Å². The van der Waals surface area contributed by atoms with Crippen LogP contribution in [-0.4, -0.2) is 110 Å². The average Bonchev–Trinajstić information content (AvgIpc) is 1.95. The van der Waals surface area contributed by atoms with Crippen LogP contribution in [0.1, 0.15) is 12.8 Å². The van der Waals surface area contributed by atoms with E-state index < -0.39 is 46.7 Å². The third kappa shape index (κ3) is 17.8. The van der Waals surface area contributed by atoms with Gasteiger partial charge in [-0.1, -0.05) is 0 Å². The molecule has 0 aromatic heterocycles. The number of aliphatic carboxylic acids is 3. The number of carbonyl (C=O) groups is 3. The molecule has 0 heterocycles. The van der Waals surface area contributed by atoms with Crippen LogP contribution in [0.3, 0.4) is 0 Å². The Labute approximate surface area is 146 Å². The van der Waals surface area contributed by atoms with Crippen LogP contribution in [0.5, 0.6) is 0 Å². The fourth-order valence-electron chi connectivity index (χ4n) is 0.714. The standard InChI is InChI=1S/C6H8O7.Ba.H2O4S/c7-3(8)1-6(13,5(11)12)2-4(9)10;;1-5(2,3)4/h13H,1-2H2,(H,7,8)(H,9,10)(H,11,12);;(H2,1,2,3,4)/q;+2;/p-2. The Kier molecular flexibility index (Phi) is 12.2. The molecule has 0 fully saturated rings. The van der Waals surface area contributed by atoms with Crippen LogP contribution in [0.4, 0.5) is 0 Å². The molecule has 0 bridgehead atoms. The van der Waals surface area contributed by atoms with E-state index in [4.69, 9.17) is 37.9 Å². The maximum Gasteiger partial charge on any atom is 2.00 e. The first-order chi connectivity index (χ1) is 7.78. The van der Waals surface area contributed by atoms with Gasteiger partial charge in [-0.3, -0.25) is 18.0 Å². The summed E-state index contributed by atoms with van der Waals surface area (Å²) in [6.07, 6.45) is -2.29. The van der Waals surface area contributed by atoms with Gasteiger partial charge in [-0.2, -0.15) is 0 Å². The monoisotopic (exact) mass is 426 g/mol. The molecule has 0 aliphatic rings. The average molecular weight is 426 g/mol. The minimum absolute atomic E-state index is 0. The Morgan fingerprint density at radius 1 is 0.947 bits per heavy atom. The van der Waals surface area contributed by atoms with Crippen molar-refractivity contribution in [1.29, 1.82) is 0 Å². The van der Waals surface area contributed by atoms with Crippen molar-refractivity contribution in [2.75, 3.05) is 0 Å². The Balaban J connectivity index is -0.000000366. The fourth-order valence-corrected chi connectivity index (χ4v) is 0.714. The summed E-state index contributed by atoms with van der Waals surface area (Å²) in [5, 5.41) is 33.8. The van der Waals surface area contributed by atoms with Gasteiger partial charge < -0.3 is 29.5 Å². The van der Waals surface area contributed by atoms with Gasteiger partial charge in [0.05, 0.1) is 12.8 Å². The largest absolute Gasteiger partial charge is 2.00 e. The van der Waals surface area contributed by atoms with Crippen LogP contribution in [0.2, 0.25) is 0 Å². The number of aliphatic hydroxyl groups is 1. The van der Waals surface area contributed by atoms with Gasteiger partial charge in [0.15, 0.2) is 5.60 Å². The predicted octanol–water partition coefficient (Wildman–Crippen LogP) is -2.97. The zero-order chi connectivity index (χ0) is 15.1. The maximum atomic E-state index is 10.3. The number of hydrogen-bond donors (Lipinski definition) is 4. The molecule has 0 rings (SSSR count). The molecule has 0 atom stereocenters. The number of carboxylic acids is 3.